The molecule has 0 saturated carbocycles. The molecule has 1 heterocycles. The summed E-state index contributed by atoms with van der Waals surface area (Å²) in [6.07, 6.45) is 1.65. The Morgan fingerprint density at radius 2 is 2.09 bits per heavy atom. The van der Waals surface area contributed by atoms with Crippen molar-refractivity contribution in [2.75, 3.05) is 0 Å². The fourth-order valence-corrected chi connectivity index (χ4v) is 2.51. The van der Waals surface area contributed by atoms with Gasteiger partial charge in [0.25, 0.3) is 0 Å². The van der Waals surface area contributed by atoms with Crippen LogP contribution in [0.15, 0.2) is 22.8 Å². The lowest BCUT2D eigenvalue weighted by Gasteiger charge is -2.19. The molecule has 0 N–H and O–H groups in total. The van der Waals surface area contributed by atoms with E-state index in [4.69, 9.17) is 27.6 Å². The predicted molar refractivity (Wildman–Crippen MR) is 51.3 cm³/mol. The average molecular weight is 209 g/mol. The molecule has 62 valence electrons. The van der Waals surface area contributed by atoms with E-state index in [-0.39, 0.29) is 4.46 Å². The third-order valence-electron chi connectivity index (χ3n) is 1.70. The van der Waals surface area contributed by atoms with Crippen LogP contribution in [0.5, 0.6) is 0 Å². The van der Waals surface area contributed by atoms with Crippen LogP contribution in [0.4, 0.5) is 0 Å². The van der Waals surface area contributed by atoms with Gasteiger partial charge in [-0.3, -0.25) is 0 Å². The standard InChI is InChI=1S/C7H10Cl2OSi/c1-11(2,7(8)9)6-4-3-5-10-6/h3-5,7H,1-2H3. The Kier molecular flexibility index (Phi) is 2.68. The van der Waals surface area contributed by atoms with Crippen molar-refractivity contribution in [1.82, 2.24) is 0 Å². The molecule has 0 radical (unpaired) electrons. The summed E-state index contributed by atoms with van der Waals surface area (Å²) < 4.78 is 4.94. The van der Waals surface area contributed by atoms with E-state index < -0.39 is 8.07 Å². The van der Waals surface area contributed by atoms with E-state index in [1.807, 2.05) is 12.1 Å². The van der Waals surface area contributed by atoms with Crippen LogP contribution in [0.25, 0.3) is 0 Å². The highest BCUT2D eigenvalue weighted by Crippen LogP contribution is 2.18. The summed E-state index contributed by atoms with van der Waals surface area (Å²) in [5, 5.41) is 0.951. The van der Waals surface area contributed by atoms with Crippen LogP contribution >= 0.6 is 23.2 Å². The van der Waals surface area contributed by atoms with Gasteiger partial charge in [-0.05, 0) is 12.1 Å². The fraction of sp³-hybridized carbons (Fsp3) is 0.429. The van der Waals surface area contributed by atoms with Crippen molar-refractivity contribution < 1.29 is 4.42 Å². The van der Waals surface area contributed by atoms with E-state index in [0.717, 1.165) is 5.38 Å². The minimum Gasteiger partial charge on any atom is -0.474 e. The van der Waals surface area contributed by atoms with E-state index >= 15 is 0 Å². The first kappa shape index (κ1) is 9.17. The fourth-order valence-electron chi connectivity index (χ4n) is 0.753. The molecule has 11 heavy (non-hydrogen) atoms. The van der Waals surface area contributed by atoms with Crippen LogP contribution < -0.4 is 5.38 Å². The highest BCUT2D eigenvalue weighted by Gasteiger charge is 2.34. The zero-order valence-electron chi connectivity index (χ0n) is 6.47. The van der Waals surface area contributed by atoms with Gasteiger partial charge in [0.1, 0.15) is 4.46 Å². The minimum atomic E-state index is -1.74. The van der Waals surface area contributed by atoms with Crippen molar-refractivity contribution >= 4 is 36.7 Å². The van der Waals surface area contributed by atoms with Crippen molar-refractivity contribution in [3.63, 3.8) is 0 Å². The number of alkyl halides is 2. The van der Waals surface area contributed by atoms with Crippen LogP contribution in [-0.2, 0) is 0 Å². The van der Waals surface area contributed by atoms with Crippen LogP contribution in [0.2, 0.25) is 13.1 Å². The third kappa shape index (κ3) is 1.81. The Morgan fingerprint density at radius 3 is 2.45 bits per heavy atom. The maximum atomic E-state index is 5.83. The summed E-state index contributed by atoms with van der Waals surface area (Å²) in [5.74, 6) is 0. The van der Waals surface area contributed by atoms with Crippen molar-refractivity contribution in [3.8, 4) is 0 Å². The first-order valence-electron chi connectivity index (χ1n) is 3.37. The molecule has 4 heteroatoms. The number of halogens is 2. The SMILES string of the molecule is C[Si](C)(c1ccco1)C(Cl)Cl. The minimum absolute atomic E-state index is 0.311. The van der Waals surface area contributed by atoms with Gasteiger partial charge in [0.15, 0.2) is 8.07 Å². The summed E-state index contributed by atoms with van der Waals surface area (Å²) in [4.78, 5) is 0. The number of hydrogen-bond acceptors (Lipinski definition) is 1. The first-order valence-corrected chi connectivity index (χ1v) is 7.32. The lowest BCUT2D eigenvalue weighted by Crippen LogP contribution is -2.47. The molecule has 0 aliphatic rings. The van der Waals surface area contributed by atoms with Gasteiger partial charge in [0, 0.05) is 0 Å². The molecule has 0 amide bonds. The lowest BCUT2D eigenvalue weighted by molar-refractivity contribution is 0.597. The average Bonchev–Trinajstić information content (AvgIpc) is 2.37. The highest BCUT2D eigenvalue weighted by molar-refractivity contribution is 7.00. The van der Waals surface area contributed by atoms with E-state index in [0.29, 0.717) is 0 Å². The van der Waals surface area contributed by atoms with Crippen molar-refractivity contribution in [2.45, 2.75) is 17.6 Å². The van der Waals surface area contributed by atoms with Gasteiger partial charge in [-0.1, -0.05) is 13.1 Å². The number of hydrogen-bond donors (Lipinski definition) is 0. The molecule has 0 aliphatic carbocycles. The first-order chi connectivity index (χ1) is 5.05. The molecule has 1 aromatic heterocycles. The predicted octanol–water partition coefficient (Wildman–Crippen LogP) is 2.54. The summed E-state index contributed by atoms with van der Waals surface area (Å²) in [6.45, 7) is 4.16. The Labute approximate surface area is 77.3 Å². The summed E-state index contributed by atoms with van der Waals surface area (Å²) >= 11 is 11.7. The smallest absolute Gasteiger partial charge is 0.163 e. The van der Waals surface area contributed by atoms with E-state index in [2.05, 4.69) is 13.1 Å². The zero-order valence-corrected chi connectivity index (χ0v) is 8.99. The Bertz CT molecular complexity index is 218. The highest BCUT2D eigenvalue weighted by atomic mass is 35.5. The van der Waals surface area contributed by atoms with Gasteiger partial charge in [0.2, 0.25) is 0 Å². The van der Waals surface area contributed by atoms with Crippen molar-refractivity contribution in [1.29, 1.82) is 0 Å². The largest absolute Gasteiger partial charge is 0.474 e. The Morgan fingerprint density at radius 1 is 1.45 bits per heavy atom. The molecule has 0 aromatic carbocycles. The van der Waals surface area contributed by atoms with E-state index in [9.17, 15) is 0 Å². The van der Waals surface area contributed by atoms with Gasteiger partial charge in [-0.25, -0.2) is 0 Å². The molecular formula is C7H10Cl2OSi. The molecule has 1 rings (SSSR count). The topological polar surface area (TPSA) is 13.1 Å². The third-order valence-corrected chi connectivity index (χ3v) is 7.62. The summed E-state index contributed by atoms with van der Waals surface area (Å²) in [7, 11) is -1.74. The molecule has 0 atom stereocenters. The quantitative estimate of drug-likeness (QED) is 0.538. The summed E-state index contributed by atoms with van der Waals surface area (Å²) in [5.41, 5.74) is 0. The monoisotopic (exact) mass is 208 g/mol. The van der Waals surface area contributed by atoms with E-state index in [1.54, 1.807) is 6.26 Å². The molecule has 0 spiro atoms. The molecule has 0 fully saturated rings. The molecule has 1 nitrogen and oxygen atoms in total. The molecular weight excluding hydrogens is 199 g/mol. The second-order valence-electron chi connectivity index (χ2n) is 3.00. The van der Waals surface area contributed by atoms with Gasteiger partial charge >= 0.3 is 0 Å². The van der Waals surface area contributed by atoms with Gasteiger partial charge in [0.05, 0.1) is 11.6 Å². The van der Waals surface area contributed by atoms with Crippen LogP contribution in [0.3, 0.4) is 0 Å². The van der Waals surface area contributed by atoms with Gasteiger partial charge < -0.3 is 4.42 Å². The van der Waals surface area contributed by atoms with Gasteiger partial charge in [-0.2, -0.15) is 0 Å². The van der Waals surface area contributed by atoms with Crippen LogP contribution in [0, 0.1) is 0 Å². The molecule has 0 unspecified atom stereocenters. The molecule has 0 bridgehead atoms. The van der Waals surface area contributed by atoms with Crippen molar-refractivity contribution in [3.05, 3.63) is 18.4 Å². The van der Waals surface area contributed by atoms with Crippen LogP contribution in [0.1, 0.15) is 0 Å². The molecule has 0 aliphatic heterocycles. The summed E-state index contributed by atoms with van der Waals surface area (Å²) in [6, 6.07) is 3.80. The second kappa shape index (κ2) is 3.21. The Balaban J connectivity index is 2.90. The maximum absolute atomic E-state index is 5.83. The van der Waals surface area contributed by atoms with Crippen molar-refractivity contribution in [2.24, 2.45) is 0 Å². The molecule has 0 saturated heterocycles. The van der Waals surface area contributed by atoms with E-state index in [1.165, 1.54) is 0 Å². The number of furan rings is 1. The zero-order chi connectivity index (χ0) is 8.48. The lowest BCUT2D eigenvalue weighted by atomic mass is 10.7. The maximum Gasteiger partial charge on any atom is 0.163 e. The number of rotatable bonds is 2. The normalized spacial score (nSPS) is 12.5. The van der Waals surface area contributed by atoms with Gasteiger partial charge in [-0.15, -0.1) is 23.2 Å². The van der Waals surface area contributed by atoms with Crippen LogP contribution in [-0.4, -0.2) is 12.5 Å². The second-order valence-corrected chi connectivity index (χ2v) is 9.34. The Hall–Kier alpha value is 0.0769. The molecule has 1 aromatic rings.